The lowest BCUT2D eigenvalue weighted by atomic mass is 10.1. The Kier molecular flexibility index (Phi) is 4.37. The minimum atomic E-state index is -3.60. The van der Waals surface area contributed by atoms with Crippen LogP contribution in [0.25, 0.3) is 0 Å². The molecule has 0 aliphatic heterocycles. The molecule has 0 aliphatic rings. The van der Waals surface area contributed by atoms with E-state index in [0.29, 0.717) is 5.69 Å². The first-order valence-corrected chi connectivity index (χ1v) is 7.08. The van der Waals surface area contributed by atoms with Gasteiger partial charge in [-0.1, -0.05) is 12.1 Å². The normalized spacial score (nSPS) is 12.8. The maximum atomic E-state index is 12.4. The number of nitrogens with zero attached hydrogens (tertiary/aromatic N) is 1. The molecular formula is C12H20N2O3S. The number of hydrogen-bond acceptors (Lipinski definition) is 4. The summed E-state index contributed by atoms with van der Waals surface area (Å²) in [6.45, 7) is 3.18. The van der Waals surface area contributed by atoms with Crippen molar-refractivity contribution < 1.29 is 13.5 Å². The van der Waals surface area contributed by atoms with Gasteiger partial charge in [0, 0.05) is 20.6 Å². The highest BCUT2D eigenvalue weighted by Gasteiger charge is 2.27. The second-order valence-corrected chi connectivity index (χ2v) is 6.83. The van der Waals surface area contributed by atoms with Crippen molar-refractivity contribution in [3.8, 4) is 0 Å². The summed E-state index contributed by atoms with van der Waals surface area (Å²) in [7, 11) is -0.475. The van der Waals surface area contributed by atoms with Crippen LogP contribution in [0.4, 0.5) is 5.69 Å². The molecule has 0 spiro atoms. The van der Waals surface area contributed by atoms with Crippen LogP contribution in [-0.2, 0) is 10.0 Å². The van der Waals surface area contributed by atoms with E-state index >= 15 is 0 Å². The van der Waals surface area contributed by atoms with E-state index in [-0.39, 0.29) is 11.4 Å². The molecule has 0 bridgehead atoms. The van der Waals surface area contributed by atoms with Crippen LogP contribution in [-0.4, -0.2) is 44.1 Å². The molecule has 0 aliphatic carbocycles. The van der Waals surface area contributed by atoms with E-state index in [2.05, 4.69) is 5.32 Å². The topological polar surface area (TPSA) is 69.6 Å². The highest BCUT2D eigenvalue weighted by atomic mass is 32.2. The molecule has 1 aromatic rings. The summed E-state index contributed by atoms with van der Waals surface area (Å²) in [4.78, 5) is 0.208. The van der Waals surface area contributed by atoms with Crippen LogP contribution in [0.1, 0.15) is 13.8 Å². The number of benzene rings is 1. The van der Waals surface area contributed by atoms with E-state index in [4.69, 9.17) is 0 Å². The number of para-hydroxylation sites is 1. The third-order valence-corrected chi connectivity index (χ3v) is 4.32. The Balaban J connectivity index is 3.14. The zero-order chi connectivity index (χ0) is 14.0. The minimum Gasteiger partial charge on any atom is -0.389 e. The third kappa shape index (κ3) is 3.44. The average Bonchev–Trinajstić information content (AvgIpc) is 2.26. The number of rotatable bonds is 5. The molecule has 5 nitrogen and oxygen atoms in total. The van der Waals surface area contributed by atoms with Gasteiger partial charge in [0.2, 0.25) is 10.0 Å². The minimum absolute atomic E-state index is 0.0351. The van der Waals surface area contributed by atoms with Crippen LogP contribution in [0, 0.1) is 0 Å². The fourth-order valence-corrected chi connectivity index (χ4v) is 3.22. The zero-order valence-electron chi connectivity index (χ0n) is 11.1. The lowest BCUT2D eigenvalue weighted by molar-refractivity contribution is 0.0640. The Morgan fingerprint density at radius 1 is 1.33 bits per heavy atom. The Morgan fingerprint density at radius 2 is 1.89 bits per heavy atom. The maximum Gasteiger partial charge on any atom is 0.244 e. The van der Waals surface area contributed by atoms with Gasteiger partial charge in [-0.15, -0.1) is 0 Å². The predicted octanol–water partition coefficient (Wildman–Crippen LogP) is 1.12. The fourth-order valence-electron chi connectivity index (χ4n) is 1.70. The smallest absolute Gasteiger partial charge is 0.244 e. The molecule has 0 amide bonds. The number of anilines is 1. The molecule has 0 heterocycles. The molecule has 0 atom stereocenters. The number of likely N-dealkylation sites (N-methyl/N-ethyl adjacent to an activating group) is 1. The Labute approximate surface area is 108 Å². The van der Waals surface area contributed by atoms with Gasteiger partial charge in [0.15, 0.2) is 0 Å². The molecule has 0 fully saturated rings. The molecular weight excluding hydrogens is 252 g/mol. The standard InChI is InChI=1S/C12H20N2O3S/c1-12(2,15)9-14(4)18(16,17)11-8-6-5-7-10(11)13-3/h5-8,13,15H,9H2,1-4H3. The lowest BCUT2D eigenvalue weighted by Crippen LogP contribution is -2.39. The molecule has 1 rings (SSSR count). The Hall–Kier alpha value is -1.11. The van der Waals surface area contributed by atoms with Crippen LogP contribution in [0.15, 0.2) is 29.2 Å². The van der Waals surface area contributed by atoms with Crippen molar-refractivity contribution in [2.24, 2.45) is 0 Å². The van der Waals surface area contributed by atoms with Gasteiger partial charge in [0.05, 0.1) is 11.3 Å². The molecule has 2 N–H and O–H groups in total. The summed E-state index contributed by atoms with van der Waals surface area (Å²) < 4.78 is 25.9. The van der Waals surface area contributed by atoms with Crippen molar-refractivity contribution in [2.75, 3.05) is 26.0 Å². The summed E-state index contributed by atoms with van der Waals surface area (Å²) in [5.41, 5.74) is -0.531. The van der Waals surface area contributed by atoms with Gasteiger partial charge in [-0.05, 0) is 26.0 Å². The van der Waals surface area contributed by atoms with E-state index in [0.717, 1.165) is 4.31 Å². The number of nitrogens with one attached hydrogen (secondary N) is 1. The zero-order valence-corrected chi connectivity index (χ0v) is 12.0. The van der Waals surface area contributed by atoms with Gasteiger partial charge in [-0.3, -0.25) is 0 Å². The number of hydrogen-bond donors (Lipinski definition) is 2. The van der Waals surface area contributed by atoms with Crippen molar-refractivity contribution in [1.29, 1.82) is 0 Å². The molecule has 0 saturated heterocycles. The molecule has 18 heavy (non-hydrogen) atoms. The Bertz CT molecular complexity index is 506. The van der Waals surface area contributed by atoms with E-state index in [9.17, 15) is 13.5 Å². The third-order valence-electron chi connectivity index (χ3n) is 2.45. The summed E-state index contributed by atoms with van der Waals surface area (Å²) >= 11 is 0. The van der Waals surface area contributed by atoms with Gasteiger partial charge < -0.3 is 10.4 Å². The first-order chi connectivity index (χ1) is 8.18. The molecule has 0 aromatic heterocycles. The van der Waals surface area contributed by atoms with Gasteiger partial charge in [0.25, 0.3) is 0 Å². The van der Waals surface area contributed by atoms with E-state index in [1.807, 2.05) is 0 Å². The molecule has 0 saturated carbocycles. The largest absolute Gasteiger partial charge is 0.389 e. The van der Waals surface area contributed by atoms with Gasteiger partial charge in [0.1, 0.15) is 4.90 Å². The van der Waals surface area contributed by atoms with E-state index in [1.165, 1.54) is 7.05 Å². The first-order valence-electron chi connectivity index (χ1n) is 5.64. The van der Waals surface area contributed by atoms with Crippen LogP contribution >= 0.6 is 0 Å². The SMILES string of the molecule is CNc1ccccc1S(=O)(=O)N(C)CC(C)(C)O. The molecule has 1 aromatic carbocycles. The van der Waals surface area contributed by atoms with Crippen molar-refractivity contribution >= 4 is 15.7 Å². The Morgan fingerprint density at radius 3 is 2.39 bits per heavy atom. The summed E-state index contributed by atoms with van der Waals surface area (Å²) in [5.74, 6) is 0. The van der Waals surface area contributed by atoms with E-state index in [1.54, 1.807) is 45.2 Å². The second-order valence-electron chi connectivity index (χ2n) is 4.82. The monoisotopic (exact) mass is 272 g/mol. The highest BCUT2D eigenvalue weighted by Crippen LogP contribution is 2.24. The molecule has 102 valence electrons. The van der Waals surface area contributed by atoms with E-state index < -0.39 is 15.6 Å². The summed E-state index contributed by atoms with van der Waals surface area (Å²) in [6.07, 6.45) is 0. The average molecular weight is 272 g/mol. The van der Waals surface area contributed by atoms with Crippen LogP contribution in [0.2, 0.25) is 0 Å². The van der Waals surface area contributed by atoms with Crippen molar-refractivity contribution in [3.05, 3.63) is 24.3 Å². The van der Waals surface area contributed by atoms with Crippen molar-refractivity contribution in [3.63, 3.8) is 0 Å². The van der Waals surface area contributed by atoms with Gasteiger partial charge in [-0.2, -0.15) is 4.31 Å². The maximum absolute atomic E-state index is 12.4. The van der Waals surface area contributed by atoms with Gasteiger partial charge >= 0.3 is 0 Å². The summed E-state index contributed by atoms with van der Waals surface area (Å²) in [6, 6.07) is 6.68. The van der Waals surface area contributed by atoms with Gasteiger partial charge in [-0.25, -0.2) is 8.42 Å². The molecule has 0 unspecified atom stereocenters. The quantitative estimate of drug-likeness (QED) is 0.843. The van der Waals surface area contributed by atoms with Crippen LogP contribution in [0.3, 0.4) is 0 Å². The second kappa shape index (κ2) is 5.26. The van der Waals surface area contributed by atoms with Crippen LogP contribution < -0.4 is 5.32 Å². The lowest BCUT2D eigenvalue weighted by Gasteiger charge is -2.25. The predicted molar refractivity (Wildman–Crippen MR) is 72.1 cm³/mol. The fraction of sp³-hybridized carbons (Fsp3) is 0.500. The number of sulfonamides is 1. The van der Waals surface area contributed by atoms with Crippen molar-refractivity contribution in [1.82, 2.24) is 4.31 Å². The molecule has 0 radical (unpaired) electrons. The van der Waals surface area contributed by atoms with Crippen LogP contribution in [0.5, 0.6) is 0 Å². The number of aliphatic hydroxyl groups is 1. The van der Waals surface area contributed by atoms with Crippen molar-refractivity contribution in [2.45, 2.75) is 24.3 Å². The molecule has 6 heteroatoms. The first kappa shape index (κ1) is 14.9. The highest BCUT2D eigenvalue weighted by molar-refractivity contribution is 7.89. The summed E-state index contributed by atoms with van der Waals surface area (Å²) in [5, 5.41) is 12.6.